The molecule has 0 heterocycles. The second-order valence-electron chi connectivity index (χ2n) is 14.8. The average molecular weight is 723 g/mol. The Morgan fingerprint density at radius 1 is 0.705 bits per heavy atom. The molecule has 0 unspecified atom stereocenters. The molecule has 0 fully saturated rings. The van der Waals surface area contributed by atoms with Crippen molar-refractivity contribution < 1.29 is 18.3 Å². The zero-order chi connectivity index (χ0) is 30.1. The van der Waals surface area contributed by atoms with E-state index in [9.17, 15) is 0 Å². The molecule has 6 rings (SSSR count). The van der Waals surface area contributed by atoms with E-state index in [0.717, 1.165) is 17.9 Å². The minimum atomic E-state index is -4.78. The van der Waals surface area contributed by atoms with E-state index in [-0.39, 0.29) is 35.6 Å². The van der Waals surface area contributed by atoms with Crippen molar-refractivity contribution in [1.82, 2.24) is 0 Å². The van der Waals surface area contributed by atoms with Crippen molar-refractivity contribution in [3.63, 3.8) is 0 Å². The van der Waals surface area contributed by atoms with E-state index in [2.05, 4.69) is 146 Å². The van der Waals surface area contributed by atoms with E-state index in [1.807, 2.05) is 0 Å². The summed E-state index contributed by atoms with van der Waals surface area (Å²) in [4.78, 5) is 0. The summed E-state index contributed by atoms with van der Waals surface area (Å²) in [7, 11) is 0. The Bertz CT molecular complexity index is 1790. The molecule has 230 valence electrons. The first kappa shape index (κ1) is 34.8. The van der Waals surface area contributed by atoms with Crippen molar-refractivity contribution in [3.05, 3.63) is 133 Å². The van der Waals surface area contributed by atoms with Crippen LogP contribution in [0.3, 0.4) is 0 Å². The average Bonchev–Trinajstić information content (AvgIpc) is 3.61. The molecule has 2 aliphatic rings. The fraction of sp³-hybridized carbons (Fsp3) is 0.275. The van der Waals surface area contributed by atoms with Crippen LogP contribution in [0.25, 0.3) is 11.1 Å². The Hall–Kier alpha value is -2.02. The van der Waals surface area contributed by atoms with Gasteiger partial charge in [-0.25, -0.2) is 0 Å². The zero-order valence-electron chi connectivity index (χ0n) is 27.1. The molecule has 0 aliphatic heterocycles. The van der Waals surface area contributed by atoms with Gasteiger partial charge in [0, 0.05) is 0 Å². The number of aryl methyl sites for hydroxylation is 1. The van der Waals surface area contributed by atoms with Crippen LogP contribution >= 0.6 is 36.4 Å². The number of rotatable bonds is 4. The number of halogens is 3. The van der Waals surface area contributed by atoms with E-state index in [0.29, 0.717) is 0 Å². The van der Waals surface area contributed by atoms with Gasteiger partial charge in [0.1, 0.15) is 0 Å². The first-order valence-electron chi connectivity index (χ1n) is 15.3. The summed E-state index contributed by atoms with van der Waals surface area (Å²) < 4.78 is 11.3. The van der Waals surface area contributed by atoms with E-state index in [1.165, 1.54) is 52.0 Å². The molecule has 0 atom stereocenters. The predicted molar refractivity (Wildman–Crippen MR) is 197 cm³/mol. The minimum absolute atomic E-state index is 0. The number of benzene rings is 4. The van der Waals surface area contributed by atoms with Gasteiger partial charge in [-0.15, -0.1) is 24.8 Å². The molecular formula is C40H45Cl3Zr. The van der Waals surface area contributed by atoms with Crippen molar-refractivity contribution in [2.24, 2.45) is 0 Å². The van der Waals surface area contributed by atoms with E-state index in [4.69, 9.17) is 15.8 Å². The normalized spacial score (nSPS) is 14.3. The molecule has 4 aromatic rings. The molecule has 0 aromatic heterocycles. The summed E-state index contributed by atoms with van der Waals surface area (Å²) in [6.07, 6.45) is 8.82. The third-order valence-corrected chi connectivity index (χ3v) is 26.6. The van der Waals surface area contributed by atoms with Gasteiger partial charge in [0.15, 0.2) is 0 Å². The van der Waals surface area contributed by atoms with Crippen molar-refractivity contribution in [3.8, 4) is 11.1 Å². The predicted octanol–water partition coefficient (Wildman–Crippen LogP) is 9.90. The van der Waals surface area contributed by atoms with Crippen molar-refractivity contribution in [2.75, 3.05) is 0 Å². The molecule has 0 radical (unpaired) electrons. The summed E-state index contributed by atoms with van der Waals surface area (Å²) in [5, 5.41) is 0.765. The molecule has 0 spiro atoms. The van der Waals surface area contributed by atoms with E-state index in [1.54, 1.807) is 0 Å². The Kier molecular flexibility index (Phi) is 9.48. The Balaban J connectivity index is 0.00000221. The second-order valence-corrected chi connectivity index (χ2v) is 28.1. The molecule has 0 amide bonds. The van der Waals surface area contributed by atoms with E-state index < -0.39 is 18.3 Å². The van der Waals surface area contributed by atoms with Crippen LogP contribution in [0.4, 0.5) is 0 Å². The Labute approximate surface area is 283 Å². The van der Waals surface area contributed by atoms with Crippen LogP contribution in [-0.2, 0) is 35.5 Å². The molecule has 4 aromatic carbocycles. The number of hydrogen-bond donors (Lipinski definition) is 0. The first-order chi connectivity index (χ1) is 19.7. The van der Waals surface area contributed by atoms with Crippen molar-refractivity contribution >= 4 is 50.4 Å². The Morgan fingerprint density at radius 3 is 1.82 bits per heavy atom. The molecule has 44 heavy (non-hydrogen) atoms. The van der Waals surface area contributed by atoms with Crippen LogP contribution in [0.1, 0.15) is 75.8 Å². The number of hydrogen-bond acceptors (Lipinski definition) is 0. The van der Waals surface area contributed by atoms with Crippen LogP contribution < -0.4 is 9.81 Å². The summed E-state index contributed by atoms with van der Waals surface area (Å²) in [6, 6.07) is 30.3. The molecule has 2 aliphatic carbocycles. The third kappa shape index (κ3) is 5.41. The summed E-state index contributed by atoms with van der Waals surface area (Å²) in [5.74, 6) is 0. The summed E-state index contributed by atoms with van der Waals surface area (Å²) >= 11 is 1.77. The summed E-state index contributed by atoms with van der Waals surface area (Å²) in [6.45, 7) is 16.1. The molecule has 0 bridgehead atoms. The molecule has 0 N–H and O–H groups in total. The molecule has 0 saturated heterocycles. The SMILES string of the molecule is Cl.Cl.[CH2]=[Zr]([C]1=CC=CC1)([c]1ccc(C)cc1)([c]1ccc(Cl)cc1)[c]1cc(C(C)(C)C)cc2c1Cc1ccc(C(C)(C)C)cc1-2. The van der Waals surface area contributed by atoms with Gasteiger partial charge < -0.3 is 0 Å². The van der Waals surface area contributed by atoms with Crippen molar-refractivity contribution in [2.45, 2.75) is 72.1 Å². The molecule has 0 saturated carbocycles. The third-order valence-electron chi connectivity index (χ3n) is 9.99. The van der Waals surface area contributed by atoms with Gasteiger partial charge in [0.25, 0.3) is 0 Å². The maximum atomic E-state index is 6.55. The quantitative estimate of drug-likeness (QED) is 0.173. The first-order valence-corrected chi connectivity index (χ1v) is 22.3. The zero-order valence-corrected chi connectivity index (χ0v) is 31.9. The second kappa shape index (κ2) is 12.0. The van der Waals surface area contributed by atoms with Gasteiger partial charge in [0.2, 0.25) is 0 Å². The standard InChI is InChI=1S/C21H25.C7H7.C6H4Cl.C5H5.CH2.2ClH.Zr/c1-20(2,3)16-9-7-14-11-15-8-10-17(21(4,5)6)13-19(15)18(14)12-16;1-7-5-3-2-4-6-7;7-6-4-2-1-3-5-6;1-2-4-5-3-1;;;;/h7,9-10,12-13H,11H2,1-6H3;3-6H,1H3;2-5H;1-3H,4H2;1H2;2*1H;. The number of allylic oxidation sites excluding steroid dienone is 4. The van der Waals surface area contributed by atoms with Gasteiger partial charge in [-0.05, 0) is 0 Å². The van der Waals surface area contributed by atoms with Crippen LogP contribution in [0.15, 0.2) is 100 Å². The fourth-order valence-corrected chi connectivity index (χ4v) is 22.8. The molecular weight excluding hydrogens is 678 g/mol. The fourth-order valence-electron chi connectivity index (χ4n) is 7.28. The number of fused-ring (bicyclic) bond motifs is 3. The van der Waals surface area contributed by atoms with Gasteiger partial charge in [-0.3, -0.25) is 0 Å². The van der Waals surface area contributed by atoms with Gasteiger partial charge in [-0.2, -0.15) is 0 Å². The van der Waals surface area contributed by atoms with Crippen LogP contribution in [0.2, 0.25) is 5.02 Å². The van der Waals surface area contributed by atoms with E-state index >= 15 is 0 Å². The van der Waals surface area contributed by atoms with Crippen LogP contribution in [0, 0.1) is 6.92 Å². The van der Waals surface area contributed by atoms with Gasteiger partial charge in [-0.1, -0.05) is 0 Å². The van der Waals surface area contributed by atoms with Gasteiger partial charge >= 0.3 is 260 Å². The van der Waals surface area contributed by atoms with Gasteiger partial charge in [0.05, 0.1) is 0 Å². The molecule has 0 nitrogen and oxygen atoms in total. The Morgan fingerprint density at radius 2 is 1.27 bits per heavy atom. The summed E-state index contributed by atoms with van der Waals surface area (Å²) in [5.41, 5.74) is 9.79. The van der Waals surface area contributed by atoms with Crippen LogP contribution in [-0.4, -0.2) is 4.21 Å². The maximum absolute atomic E-state index is 6.55. The van der Waals surface area contributed by atoms with Crippen molar-refractivity contribution in [1.29, 1.82) is 0 Å². The van der Waals surface area contributed by atoms with Crippen LogP contribution in [0.5, 0.6) is 0 Å². The molecule has 4 heteroatoms. The monoisotopic (exact) mass is 720 g/mol. The topological polar surface area (TPSA) is 0 Å².